The number of carbonyl (C=O) groups is 1. The molecule has 1 aliphatic rings. The van der Waals surface area contributed by atoms with Gasteiger partial charge in [-0.3, -0.25) is 4.79 Å². The van der Waals surface area contributed by atoms with Crippen LogP contribution in [0.2, 0.25) is 0 Å². The number of amides is 1. The number of sulfone groups is 1. The number of thioether (sulfide) groups is 1. The number of carbonyl (C=O) groups excluding carboxylic acids is 1. The van der Waals surface area contributed by atoms with E-state index in [9.17, 15) is 13.2 Å². The van der Waals surface area contributed by atoms with Crippen molar-refractivity contribution in [3.8, 4) is 11.5 Å². The van der Waals surface area contributed by atoms with Crippen LogP contribution in [0, 0.1) is 6.92 Å². The molecule has 0 aromatic carbocycles. The number of aromatic nitrogens is 2. The fourth-order valence-electron chi connectivity index (χ4n) is 2.96. The number of rotatable bonds is 7. The van der Waals surface area contributed by atoms with E-state index in [0.29, 0.717) is 29.8 Å². The van der Waals surface area contributed by atoms with Crippen LogP contribution in [0.4, 0.5) is 0 Å². The first-order valence-corrected chi connectivity index (χ1v) is 11.2. The summed E-state index contributed by atoms with van der Waals surface area (Å²) in [7, 11) is -3.04. The van der Waals surface area contributed by atoms with Crippen LogP contribution >= 0.6 is 11.8 Å². The lowest BCUT2D eigenvalue weighted by Crippen LogP contribution is -2.42. The summed E-state index contributed by atoms with van der Waals surface area (Å²) < 4.78 is 34.2. The van der Waals surface area contributed by atoms with E-state index in [1.54, 1.807) is 24.2 Å². The van der Waals surface area contributed by atoms with Gasteiger partial charge in [0.15, 0.2) is 9.84 Å². The first-order valence-electron chi connectivity index (χ1n) is 8.40. The predicted molar refractivity (Wildman–Crippen MR) is 96.5 cm³/mol. The molecule has 1 aliphatic heterocycles. The van der Waals surface area contributed by atoms with Crippen molar-refractivity contribution in [1.82, 2.24) is 15.1 Å². The Morgan fingerprint density at radius 1 is 1.42 bits per heavy atom. The third-order valence-corrected chi connectivity index (χ3v) is 6.80. The standard InChI is InChI=1S/C16H21N3O5S2/c1-3-6-19(12-5-8-26(21,22)10-12)14(20)9-25-16-18-17-15(24-16)13-4-7-23-11(13)2/h4,7,12H,3,5-6,8-10H2,1-2H3/t12-/m0/s1. The van der Waals surface area contributed by atoms with Gasteiger partial charge in [0.2, 0.25) is 5.91 Å². The van der Waals surface area contributed by atoms with Gasteiger partial charge in [0, 0.05) is 12.6 Å². The van der Waals surface area contributed by atoms with E-state index in [4.69, 9.17) is 8.83 Å². The van der Waals surface area contributed by atoms with Crippen LogP contribution < -0.4 is 0 Å². The maximum atomic E-state index is 12.6. The van der Waals surface area contributed by atoms with Gasteiger partial charge in [-0.2, -0.15) is 0 Å². The van der Waals surface area contributed by atoms with Crippen molar-refractivity contribution >= 4 is 27.5 Å². The molecule has 3 heterocycles. The third kappa shape index (κ3) is 4.29. The molecule has 0 radical (unpaired) electrons. The van der Waals surface area contributed by atoms with E-state index in [0.717, 1.165) is 23.7 Å². The average molecular weight is 399 g/mol. The highest BCUT2D eigenvalue weighted by Crippen LogP contribution is 2.27. The van der Waals surface area contributed by atoms with Crippen LogP contribution in [0.5, 0.6) is 0 Å². The molecule has 0 aliphatic carbocycles. The van der Waals surface area contributed by atoms with Gasteiger partial charge >= 0.3 is 0 Å². The predicted octanol–water partition coefficient (Wildman–Crippen LogP) is 2.16. The monoisotopic (exact) mass is 399 g/mol. The highest BCUT2D eigenvalue weighted by molar-refractivity contribution is 7.99. The molecule has 1 atom stereocenters. The van der Waals surface area contributed by atoms with Gasteiger partial charge in [0.05, 0.1) is 29.1 Å². The molecule has 3 rings (SSSR count). The Morgan fingerprint density at radius 3 is 2.85 bits per heavy atom. The first kappa shape index (κ1) is 19.0. The summed E-state index contributed by atoms with van der Waals surface area (Å²) in [6.07, 6.45) is 2.82. The third-order valence-electron chi connectivity index (χ3n) is 4.25. The van der Waals surface area contributed by atoms with Crippen LogP contribution in [0.3, 0.4) is 0 Å². The van der Waals surface area contributed by atoms with E-state index in [2.05, 4.69) is 10.2 Å². The highest BCUT2D eigenvalue weighted by atomic mass is 32.2. The summed E-state index contributed by atoms with van der Waals surface area (Å²) in [6.45, 7) is 4.31. The Balaban J connectivity index is 1.62. The highest BCUT2D eigenvalue weighted by Gasteiger charge is 2.34. The second-order valence-electron chi connectivity index (χ2n) is 6.20. The molecule has 1 fully saturated rings. The van der Waals surface area contributed by atoms with Crippen molar-refractivity contribution in [3.63, 3.8) is 0 Å². The zero-order chi connectivity index (χ0) is 18.7. The molecular formula is C16H21N3O5S2. The SMILES string of the molecule is CCCN(C(=O)CSc1nnc(-c2ccoc2C)o1)[C@H]1CCS(=O)(=O)C1. The summed E-state index contributed by atoms with van der Waals surface area (Å²) in [5.74, 6) is 1.24. The molecule has 142 valence electrons. The topological polar surface area (TPSA) is 107 Å². The second kappa shape index (κ2) is 7.83. The van der Waals surface area contributed by atoms with Crippen LogP contribution in [0.1, 0.15) is 25.5 Å². The van der Waals surface area contributed by atoms with Gasteiger partial charge in [0.25, 0.3) is 11.1 Å². The number of hydrogen-bond donors (Lipinski definition) is 0. The Bertz CT molecular complexity index is 874. The Labute approximate surface area is 156 Å². The molecule has 2 aromatic heterocycles. The van der Waals surface area contributed by atoms with Gasteiger partial charge in [-0.1, -0.05) is 18.7 Å². The van der Waals surface area contributed by atoms with Gasteiger partial charge in [-0.15, -0.1) is 10.2 Å². The van der Waals surface area contributed by atoms with E-state index in [1.807, 2.05) is 6.92 Å². The van der Waals surface area contributed by atoms with Crippen molar-refractivity contribution in [2.75, 3.05) is 23.8 Å². The van der Waals surface area contributed by atoms with Crippen LogP contribution in [-0.4, -0.2) is 59.3 Å². The van der Waals surface area contributed by atoms with Crippen molar-refractivity contribution < 1.29 is 22.0 Å². The van der Waals surface area contributed by atoms with Crippen molar-refractivity contribution in [2.24, 2.45) is 0 Å². The van der Waals surface area contributed by atoms with Gasteiger partial charge in [-0.25, -0.2) is 8.42 Å². The molecule has 0 N–H and O–H groups in total. The largest absolute Gasteiger partial charge is 0.469 e. The van der Waals surface area contributed by atoms with Crippen LogP contribution in [-0.2, 0) is 14.6 Å². The second-order valence-corrected chi connectivity index (χ2v) is 9.35. The molecule has 0 spiro atoms. The molecule has 0 bridgehead atoms. The zero-order valence-corrected chi connectivity index (χ0v) is 16.3. The molecule has 0 unspecified atom stereocenters. The van der Waals surface area contributed by atoms with Crippen molar-refractivity contribution in [2.45, 2.75) is 38.0 Å². The zero-order valence-electron chi connectivity index (χ0n) is 14.7. The minimum Gasteiger partial charge on any atom is -0.469 e. The van der Waals surface area contributed by atoms with Gasteiger partial charge < -0.3 is 13.7 Å². The Morgan fingerprint density at radius 2 is 2.23 bits per heavy atom. The number of aryl methyl sites for hydroxylation is 1. The molecule has 2 aromatic rings. The molecular weight excluding hydrogens is 378 g/mol. The lowest BCUT2D eigenvalue weighted by molar-refractivity contribution is -0.130. The quantitative estimate of drug-likeness (QED) is 0.652. The van der Waals surface area contributed by atoms with Gasteiger partial charge in [-0.05, 0) is 25.8 Å². The van der Waals surface area contributed by atoms with Crippen LogP contribution in [0.15, 0.2) is 26.4 Å². The summed E-state index contributed by atoms with van der Waals surface area (Å²) in [4.78, 5) is 14.3. The molecule has 26 heavy (non-hydrogen) atoms. The average Bonchev–Trinajstić information content (AvgIpc) is 3.30. The summed E-state index contributed by atoms with van der Waals surface area (Å²) in [6, 6.07) is 1.51. The Kier molecular flexibility index (Phi) is 5.71. The fraction of sp³-hybridized carbons (Fsp3) is 0.562. The maximum Gasteiger partial charge on any atom is 0.277 e. The van der Waals surface area contributed by atoms with E-state index < -0.39 is 9.84 Å². The molecule has 1 amide bonds. The molecule has 10 heteroatoms. The molecule has 1 saturated heterocycles. The maximum absolute atomic E-state index is 12.6. The van der Waals surface area contributed by atoms with Crippen molar-refractivity contribution in [1.29, 1.82) is 0 Å². The summed E-state index contributed by atoms with van der Waals surface area (Å²) in [5.41, 5.74) is 0.722. The van der Waals surface area contributed by atoms with Gasteiger partial charge in [0.1, 0.15) is 5.76 Å². The number of furan rings is 1. The van der Waals surface area contributed by atoms with E-state index >= 15 is 0 Å². The smallest absolute Gasteiger partial charge is 0.277 e. The van der Waals surface area contributed by atoms with Crippen LogP contribution in [0.25, 0.3) is 11.5 Å². The fourth-order valence-corrected chi connectivity index (χ4v) is 5.34. The molecule has 8 nitrogen and oxygen atoms in total. The van der Waals surface area contributed by atoms with E-state index in [-0.39, 0.29) is 29.2 Å². The van der Waals surface area contributed by atoms with Crippen molar-refractivity contribution in [3.05, 3.63) is 18.1 Å². The normalized spacial score (nSPS) is 18.9. The number of hydrogen-bond acceptors (Lipinski definition) is 8. The minimum atomic E-state index is -3.04. The Hall–Kier alpha value is -1.81. The molecule has 0 saturated carbocycles. The van der Waals surface area contributed by atoms with E-state index in [1.165, 1.54) is 0 Å². The lowest BCUT2D eigenvalue weighted by Gasteiger charge is -2.27. The first-order chi connectivity index (χ1) is 12.4. The summed E-state index contributed by atoms with van der Waals surface area (Å²) >= 11 is 1.15. The minimum absolute atomic E-state index is 0.0495. The lowest BCUT2D eigenvalue weighted by atomic mass is 10.2. The number of nitrogens with zero attached hydrogens (tertiary/aromatic N) is 3. The summed E-state index contributed by atoms with van der Waals surface area (Å²) in [5, 5.41) is 8.22.